The molecule has 0 radical (unpaired) electrons. The molecule has 0 bridgehead atoms. The van der Waals surface area contributed by atoms with Crippen molar-refractivity contribution in [3.8, 4) is 0 Å². The second kappa shape index (κ2) is 5.42. The van der Waals surface area contributed by atoms with E-state index in [2.05, 4.69) is 0 Å². The summed E-state index contributed by atoms with van der Waals surface area (Å²) in [5, 5.41) is 9.01. The maximum Gasteiger partial charge on any atom is 0.124 e. The SMILES string of the molecule is C/C=C(\F)C(O)CCCC. The molecule has 0 aromatic heterocycles. The van der Waals surface area contributed by atoms with Gasteiger partial charge in [-0.15, -0.1) is 0 Å². The van der Waals surface area contributed by atoms with Gasteiger partial charge in [0.05, 0.1) is 0 Å². The Labute approximate surface area is 61.6 Å². The van der Waals surface area contributed by atoms with Crippen LogP contribution in [0, 0.1) is 0 Å². The average molecular weight is 146 g/mol. The molecule has 0 saturated heterocycles. The molecule has 2 heteroatoms. The normalized spacial score (nSPS) is 15.4. The van der Waals surface area contributed by atoms with Crippen molar-refractivity contribution < 1.29 is 9.50 Å². The van der Waals surface area contributed by atoms with Gasteiger partial charge in [-0.3, -0.25) is 0 Å². The lowest BCUT2D eigenvalue weighted by molar-refractivity contribution is 0.169. The Bertz CT molecular complexity index is 110. The molecule has 1 N–H and O–H groups in total. The number of aliphatic hydroxyl groups excluding tert-OH is 1. The van der Waals surface area contributed by atoms with Crippen LogP contribution in [0.5, 0.6) is 0 Å². The van der Waals surface area contributed by atoms with Gasteiger partial charge in [0.25, 0.3) is 0 Å². The molecule has 0 spiro atoms. The lowest BCUT2D eigenvalue weighted by atomic mass is 10.1. The lowest BCUT2D eigenvalue weighted by Gasteiger charge is -2.05. The van der Waals surface area contributed by atoms with E-state index in [9.17, 15) is 4.39 Å². The van der Waals surface area contributed by atoms with E-state index >= 15 is 0 Å². The third-order valence-corrected chi connectivity index (χ3v) is 1.43. The molecule has 10 heavy (non-hydrogen) atoms. The molecule has 0 aliphatic rings. The van der Waals surface area contributed by atoms with E-state index in [1.54, 1.807) is 6.92 Å². The van der Waals surface area contributed by atoms with Crippen LogP contribution in [0.1, 0.15) is 33.1 Å². The highest BCUT2D eigenvalue weighted by Crippen LogP contribution is 2.10. The van der Waals surface area contributed by atoms with Crippen LogP contribution in [0.15, 0.2) is 11.9 Å². The van der Waals surface area contributed by atoms with Crippen molar-refractivity contribution in [2.45, 2.75) is 39.2 Å². The molecule has 1 unspecified atom stereocenters. The zero-order chi connectivity index (χ0) is 7.98. The molecule has 0 amide bonds. The molecule has 0 saturated carbocycles. The van der Waals surface area contributed by atoms with Crippen LogP contribution in [0.25, 0.3) is 0 Å². The Morgan fingerprint density at radius 3 is 2.70 bits per heavy atom. The minimum Gasteiger partial charge on any atom is -0.386 e. The molecular weight excluding hydrogens is 131 g/mol. The molecule has 0 fully saturated rings. The number of unbranched alkanes of at least 4 members (excludes halogenated alkanes) is 1. The van der Waals surface area contributed by atoms with Crippen molar-refractivity contribution in [3.63, 3.8) is 0 Å². The van der Waals surface area contributed by atoms with E-state index in [1.807, 2.05) is 6.92 Å². The highest BCUT2D eigenvalue weighted by atomic mass is 19.1. The maximum atomic E-state index is 12.5. The van der Waals surface area contributed by atoms with Gasteiger partial charge in [0.1, 0.15) is 11.9 Å². The van der Waals surface area contributed by atoms with Crippen molar-refractivity contribution in [1.29, 1.82) is 0 Å². The first kappa shape index (κ1) is 9.63. The summed E-state index contributed by atoms with van der Waals surface area (Å²) in [6, 6.07) is 0. The fourth-order valence-electron chi connectivity index (χ4n) is 0.728. The highest BCUT2D eigenvalue weighted by molar-refractivity contribution is 4.95. The first-order chi connectivity index (χ1) is 4.72. The third kappa shape index (κ3) is 3.62. The Morgan fingerprint density at radius 1 is 1.70 bits per heavy atom. The molecule has 1 nitrogen and oxygen atoms in total. The number of allylic oxidation sites excluding steroid dienone is 1. The fourth-order valence-corrected chi connectivity index (χ4v) is 0.728. The quantitative estimate of drug-likeness (QED) is 0.645. The predicted molar refractivity (Wildman–Crippen MR) is 40.4 cm³/mol. The van der Waals surface area contributed by atoms with Crippen LogP contribution in [0.2, 0.25) is 0 Å². The summed E-state index contributed by atoms with van der Waals surface area (Å²) in [5.74, 6) is -0.409. The number of aliphatic hydroxyl groups is 1. The van der Waals surface area contributed by atoms with Gasteiger partial charge in [-0.2, -0.15) is 0 Å². The second-order valence-corrected chi connectivity index (χ2v) is 2.33. The first-order valence-corrected chi connectivity index (χ1v) is 3.72. The predicted octanol–water partition coefficient (Wildman–Crippen LogP) is 2.41. The molecule has 0 aliphatic carbocycles. The van der Waals surface area contributed by atoms with Crippen molar-refractivity contribution >= 4 is 0 Å². The van der Waals surface area contributed by atoms with Gasteiger partial charge < -0.3 is 5.11 Å². The monoisotopic (exact) mass is 146 g/mol. The van der Waals surface area contributed by atoms with Crippen LogP contribution in [-0.2, 0) is 0 Å². The Balaban J connectivity index is 3.51. The second-order valence-electron chi connectivity index (χ2n) is 2.33. The zero-order valence-electron chi connectivity index (χ0n) is 6.60. The number of rotatable bonds is 4. The molecule has 0 aromatic rings. The van der Waals surface area contributed by atoms with Gasteiger partial charge in [-0.25, -0.2) is 4.39 Å². The number of hydrogen-bond donors (Lipinski definition) is 1. The Hall–Kier alpha value is -0.370. The zero-order valence-corrected chi connectivity index (χ0v) is 6.60. The lowest BCUT2D eigenvalue weighted by Crippen LogP contribution is -2.06. The minimum atomic E-state index is -0.870. The van der Waals surface area contributed by atoms with E-state index in [0.717, 1.165) is 12.8 Å². The molecular formula is C8H15FO. The molecule has 0 aliphatic heterocycles. The topological polar surface area (TPSA) is 20.2 Å². The average Bonchev–Trinajstić information content (AvgIpc) is 1.98. The van der Waals surface area contributed by atoms with Gasteiger partial charge in [0, 0.05) is 0 Å². The Kier molecular flexibility index (Phi) is 5.22. The van der Waals surface area contributed by atoms with Crippen molar-refractivity contribution in [2.75, 3.05) is 0 Å². The summed E-state index contributed by atoms with van der Waals surface area (Å²) in [6.07, 6.45) is 2.84. The van der Waals surface area contributed by atoms with Crippen LogP contribution in [0.4, 0.5) is 4.39 Å². The molecule has 0 aromatic carbocycles. The summed E-state index contributed by atoms with van der Waals surface area (Å²) in [5.41, 5.74) is 0. The molecule has 60 valence electrons. The maximum absolute atomic E-state index is 12.5. The molecule has 1 atom stereocenters. The van der Waals surface area contributed by atoms with Crippen LogP contribution in [0.3, 0.4) is 0 Å². The van der Waals surface area contributed by atoms with Crippen molar-refractivity contribution in [1.82, 2.24) is 0 Å². The number of hydrogen-bond acceptors (Lipinski definition) is 1. The largest absolute Gasteiger partial charge is 0.386 e. The smallest absolute Gasteiger partial charge is 0.124 e. The van der Waals surface area contributed by atoms with Gasteiger partial charge in [-0.05, 0) is 13.3 Å². The Morgan fingerprint density at radius 2 is 2.30 bits per heavy atom. The summed E-state index contributed by atoms with van der Waals surface area (Å²) in [6.45, 7) is 3.60. The number of halogens is 1. The molecule has 0 rings (SSSR count). The van der Waals surface area contributed by atoms with Crippen LogP contribution in [-0.4, -0.2) is 11.2 Å². The first-order valence-electron chi connectivity index (χ1n) is 3.72. The van der Waals surface area contributed by atoms with Crippen LogP contribution < -0.4 is 0 Å². The standard InChI is InChI=1S/C8H15FO/c1-3-5-6-8(10)7(9)4-2/h4,8,10H,3,5-6H2,1-2H3/b7-4-. The van der Waals surface area contributed by atoms with E-state index < -0.39 is 11.9 Å². The fraction of sp³-hybridized carbons (Fsp3) is 0.750. The van der Waals surface area contributed by atoms with Gasteiger partial charge >= 0.3 is 0 Å². The van der Waals surface area contributed by atoms with E-state index in [-0.39, 0.29) is 0 Å². The summed E-state index contributed by atoms with van der Waals surface area (Å²) in [4.78, 5) is 0. The van der Waals surface area contributed by atoms with E-state index in [1.165, 1.54) is 6.08 Å². The molecule has 0 heterocycles. The van der Waals surface area contributed by atoms with Gasteiger partial charge in [-0.1, -0.05) is 25.8 Å². The third-order valence-electron chi connectivity index (χ3n) is 1.43. The van der Waals surface area contributed by atoms with Crippen molar-refractivity contribution in [3.05, 3.63) is 11.9 Å². The highest BCUT2D eigenvalue weighted by Gasteiger charge is 2.06. The minimum absolute atomic E-state index is 0.409. The van der Waals surface area contributed by atoms with E-state index in [4.69, 9.17) is 5.11 Å². The summed E-state index contributed by atoms with van der Waals surface area (Å²) >= 11 is 0. The van der Waals surface area contributed by atoms with Crippen LogP contribution >= 0.6 is 0 Å². The van der Waals surface area contributed by atoms with E-state index in [0.29, 0.717) is 6.42 Å². The van der Waals surface area contributed by atoms with Gasteiger partial charge in [0.15, 0.2) is 0 Å². The summed E-state index contributed by atoms with van der Waals surface area (Å²) in [7, 11) is 0. The van der Waals surface area contributed by atoms with Crippen molar-refractivity contribution in [2.24, 2.45) is 0 Å². The van der Waals surface area contributed by atoms with Gasteiger partial charge in [0.2, 0.25) is 0 Å². The summed E-state index contributed by atoms with van der Waals surface area (Å²) < 4.78 is 12.5.